The first-order valence-electron chi connectivity index (χ1n) is 8.07. The van der Waals surface area contributed by atoms with Crippen molar-refractivity contribution in [3.63, 3.8) is 0 Å². The van der Waals surface area contributed by atoms with Crippen molar-refractivity contribution in [3.05, 3.63) is 0 Å². The molecule has 0 amide bonds. The van der Waals surface area contributed by atoms with E-state index < -0.39 is 0 Å². The van der Waals surface area contributed by atoms with E-state index in [0.29, 0.717) is 5.25 Å². The number of thioether (sulfide) groups is 1. The fraction of sp³-hybridized carbons (Fsp3) is 1.00. The van der Waals surface area contributed by atoms with E-state index in [1.165, 1.54) is 64.0 Å². The molecule has 0 radical (unpaired) electrons. The molecule has 3 atom stereocenters. The van der Waals surface area contributed by atoms with Crippen LogP contribution in [0, 0.1) is 0 Å². The number of rotatable bonds is 3. The van der Waals surface area contributed by atoms with Crippen molar-refractivity contribution in [2.24, 2.45) is 5.73 Å². The van der Waals surface area contributed by atoms with Crippen LogP contribution in [0.25, 0.3) is 0 Å². The Morgan fingerprint density at radius 3 is 2.68 bits per heavy atom. The van der Waals surface area contributed by atoms with Gasteiger partial charge in [-0.05, 0) is 50.9 Å². The second-order valence-electron chi connectivity index (χ2n) is 6.56. The van der Waals surface area contributed by atoms with E-state index >= 15 is 0 Å². The molecule has 3 aliphatic rings. The summed E-state index contributed by atoms with van der Waals surface area (Å²) in [6.45, 7) is 8.44. The summed E-state index contributed by atoms with van der Waals surface area (Å²) in [4.78, 5) is 5.48. The molecule has 0 saturated carbocycles. The predicted molar refractivity (Wildman–Crippen MR) is 83.7 cm³/mol. The van der Waals surface area contributed by atoms with Crippen molar-refractivity contribution in [2.45, 2.75) is 55.9 Å². The minimum absolute atomic E-state index is 0.289. The number of hydrogen-bond acceptors (Lipinski definition) is 4. The SMILES string of the molecule is CC1SCCCC1(CN)N1CCC(N2CCCC2)C1. The van der Waals surface area contributed by atoms with Gasteiger partial charge in [-0.15, -0.1) is 0 Å². The highest BCUT2D eigenvalue weighted by Gasteiger charge is 2.46. The molecule has 0 aromatic heterocycles. The Bertz CT molecular complexity index is 306. The first-order chi connectivity index (χ1) is 9.26. The van der Waals surface area contributed by atoms with Gasteiger partial charge in [-0.25, -0.2) is 0 Å². The predicted octanol–water partition coefficient (Wildman–Crippen LogP) is 1.77. The van der Waals surface area contributed by atoms with Crippen LogP contribution in [0.5, 0.6) is 0 Å². The Hall–Kier alpha value is 0.230. The van der Waals surface area contributed by atoms with Gasteiger partial charge in [0.1, 0.15) is 0 Å². The highest BCUT2D eigenvalue weighted by molar-refractivity contribution is 8.00. The first-order valence-corrected chi connectivity index (χ1v) is 9.12. The molecule has 3 aliphatic heterocycles. The number of nitrogens with two attached hydrogens (primary N) is 1. The quantitative estimate of drug-likeness (QED) is 0.856. The normalized spacial score (nSPS) is 42.0. The summed E-state index contributed by atoms with van der Waals surface area (Å²) in [5, 5.41) is 0.698. The molecular formula is C15H29N3S. The van der Waals surface area contributed by atoms with Crippen LogP contribution in [0.2, 0.25) is 0 Å². The van der Waals surface area contributed by atoms with Crippen molar-refractivity contribution >= 4 is 11.8 Å². The highest BCUT2D eigenvalue weighted by Crippen LogP contribution is 2.40. The number of likely N-dealkylation sites (tertiary alicyclic amines) is 2. The minimum Gasteiger partial charge on any atom is -0.329 e. The molecule has 2 N–H and O–H groups in total. The lowest BCUT2D eigenvalue weighted by Crippen LogP contribution is -2.60. The Morgan fingerprint density at radius 2 is 2.00 bits per heavy atom. The molecule has 19 heavy (non-hydrogen) atoms. The van der Waals surface area contributed by atoms with Crippen molar-refractivity contribution in [1.82, 2.24) is 9.80 Å². The molecule has 0 aliphatic carbocycles. The van der Waals surface area contributed by atoms with Gasteiger partial charge < -0.3 is 5.73 Å². The molecule has 4 heteroatoms. The maximum Gasteiger partial charge on any atom is 0.0448 e. The Balaban J connectivity index is 1.67. The summed E-state index contributed by atoms with van der Waals surface area (Å²) in [5.41, 5.74) is 6.53. The van der Waals surface area contributed by atoms with E-state index in [-0.39, 0.29) is 5.54 Å². The highest BCUT2D eigenvalue weighted by atomic mass is 32.2. The minimum atomic E-state index is 0.289. The maximum absolute atomic E-state index is 6.24. The van der Waals surface area contributed by atoms with Gasteiger partial charge in [-0.1, -0.05) is 6.92 Å². The molecule has 0 spiro atoms. The lowest BCUT2D eigenvalue weighted by atomic mass is 9.88. The van der Waals surface area contributed by atoms with Gasteiger partial charge in [-0.3, -0.25) is 9.80 Å². The molecule has 3 rings (SSSR count). The summed E-state index contributed by atoms with van der Waals surface area (Å²) >= 11 is 2.13. The molecule has 0 aromatic rings. The first kappa shape index (κ1) is 14.2. The zero-order valence-electron chi connectivity index (χ0n) is 12.3. The zero-order valence-corrected chi connectivity index (χ0v) is 13.1. The van der Waals surface area contributed by atoms with E-state index in [4.69, 9.17) is 5.73 Å². The van der Waals surface area contributed by atoms with E-state index in [1.807, 2.05) is 0 Å². The van der Waals surface area contributed by atoms with Gasteiger partial charge in [-0.2, -0.15) is 11.8 Å². The summed E-state index contributed by atoms with van der Waals surface area (Å²) in [7, 11) is 0. The van der Waals surface area contributed by atoms with Crippen LogP contribution in [-0.4, -0.2) is 65.1 Å². The van der Waals surface area contributed by atoms with E-state index in [1.54, 1.807) is 0 Å². The smallest absolute Gasteiger partial charge is 0.0448 e. The van der Waals surface area contributed by atoms with E-state index in [2.05, 4.69) is 28.5 Å². The fourth-order valence-electron chi connectivity index (χ4n) is 4.36. The molecule has 3 nitrogen and oxygen atoms in total. The lowest BCUT2D eigenvalue weighted by molar-refractivity contribution is 0.0984. The van der Waals surface area contributed by atoms with Gasteiger partial charge in [0.25, 0.3) is 0 Å². The van der Waals surface area contributed by atoms with E-state index in [0.717, 1.165) is 12.6 Å². The zero-order chi connectivity index (χ0) is 13.3. The lowest BCUT2D eigenvalue weighted by Gasteiger charge is -2.48. The standard InChI is InChI=1S/C15H29N3S/c1-13-15(12-16,6-4-10-19-13)18-9-5-14(11-18)17-7-2-3-8-17/h13-14H,2-12,16H2,1H3. The van der Waals surface area contributed by atoms with Crippen molar-refractivity contribution in [1.29, 1.82) is 0 Å². The third-order valence-corrected chi connectivity index (χ3v) is 7.15. The second kappa shape index (κ2) is 5.92. The van der Waals surface area contributed by atoms with Crippen LogP contribution >= 0.6 is 11.8 Å². The third-order valence-electron chi connectivity index (χ3n) is 5.68. The summed E-state index contributed by atoms with van der Waals surface area (Å²) in [6, 6.07) is 0.810. The summed E-state index contributed by atoms with van der Waals surface area (Å²) < 4.78 is 0. The van der Waals surface area contributed by atoms with Crippen LogP contribution in [0.4, 0.5) is 0 Å². The van der Waals surface area contributed by atoms with Crippen LogP contribution < -0.4 is 5.73 Å². The van der Waals surface area contributed by atoms with Gasteiger partial charge in [0.05, 0.1) is 0 Å². The van der Waals surface area contributed by atoms with Crippen LogP contribution in [-0.2, 0) is 0 Å². The topological polar surface area (TPSA) is 32.5 Å². The molecule has 3 fully saturated rings. The average Bonchev–Trinajstić information content (AvgIpc) is 3.10. The molecular weight excluding hydrogens is 254 g/mol. The Labute approximate surface area is 122 Å². The third kappa shape index (κ3) is 2.57. The second-order valence-corrected chi connectivity index (χ2v) is 8.00. The Morgan fingerprint density at radius 1 is 1.21 bits per heavy atom. The van der Waals surface area contributed by atoms with Crippen LogP contribution in [0.15, 0.2) is 0 Å². The van der Waals surface area contributed by atoms with Crippen molar-refractivity contribution in [3.8, 4) is 0 Å². The fourth-order valence-corrected chi connectivity index (χ4v) is 5.70. The largest absolute Gasteiger partial charge is 0.329 e. The molecule has 110 valence electrons. The number of hydrogen-bond donors (Lipinski definition) is 1. The summed E-state index contributed by atoms with van der Waals surface area (Å²) in [6.07, 6.45) is 6.83. The number of nitrogens with zero attached hydrogens (tertiary/aromatic N) is 2. The monoisotopic (exact) mass is 283 g/mol. The van der Waals surface area contributed by atoms with Crippen molar-refractivity contribution in [2.75, 3.05) is 38.5 Å². The molecule has 3 heterocycles. The van der Waals surface area contributed by atoms with E-state index in [9.17, 15) is 0 Å². The average molecular weight is 283 g/mol. The van der Waals surface area contributed by atoms with Gasteiger partial charge in [0, 0.05) is 36.5 Å². The molecule has 0 bridgehead atoms. The molecule has 0 aromatic carbocycles. The van der Waals surface area contributed by atoms with Crippen molar-refractivity contribution < 1.29 is 0 Å². The van der Waals surface area contributed by atoms with Gasteiger partial charge >= 0.3 is 0 Å². The van der Waals surface area contributed by atoms with Gasteiger partial charge in [0.15, 0.2) is 0 Å². The van der Waals surface area contributed by atoms with Crippen LogP contribution in [0.3, 0.4) is 0 Å². The molecule has 3 saturated heterocycles. The maximum atomic E-state index is 6.24. The summed E-state index contributed by atoms with van der Waals surface area (Å²) in [5.74, 6) is 1.33. The molecule has 3 unspecified atom stereocenters. The van der Waals surface area contributed by atoms with Crippen LogP contribution in [0.1, 0.15) is 39.0 Å². The Kier molecular flexibility index (Phi) is 4.42. The van der Waals surface area contributed by atoms with Gasteiger partial charge in [0.2, 0.25) is 0 Å².